The molecule has 0 radical (unpaired) electrons. The second kappa shape index (κ2) is 11.5. The lowest BCUT2D eigenvalue weighted by Crippen LogP contribution is -2.11. The van der Waals surface area contributed by atoms with Crippen molar-refractivity contribution in [2.75, 3.05) is 18.5 Å². The first-order valence-electron chi connectivity index (χ1n) is 9.17. The van der Waals surface area contributed by atoms with Gasteiger partial charge in [-0.2, -0.15) is 0 Å². The summed E-state index contributed by atoms with van der Waals surface area (Å²) in [7, 11) is 0. The summed E-state index contributed by atoms with van der Waals surface area (Å²) in [5.74, 6) is -0.317. The number of hydrogen-bond acceptors (Lipinski definition) is 4. The molecule has 0 atom stereocenters. The smallest absolute Gasteiger partial charge is 0.330 e. The van der Waals surface area contributed by atoms with Crippen LogP contribution in [0.4, 0.5) is 10.1 Å². The molecule has 0 bridgehead atoms. The van der Waals surface area contributed by atoms with Crippen molar-refractivity contribution in [1.82, 2.24) is 0 Å². The SMILES string of the molecule is C=CC(=O)OCCCCCCOc1ccc(C(=O)Nc2ccc(F)cc2)cc1. The topological polar surface area (TPSA) is 64.6 Å². The molecule has 0 fully saturated rings. The Bertz CT molecular complexity index is 772. The number of ether oxygens (including phenoxy) is 2. The van der Waals surface area contributed by atoms with Crippen LogP contribution in [-0.4, -0.2) is 25.1 Å². The highest BCUT2D eigenvalue weighted by Crippen LogP contribution is 2.15. The summed E-state index contributed by atoms with van der Waals surface area (Å²) in [6, 6.07) is 12.5. The Morgan fingerprint density at radius 3 is 2.21 bits per heavy atom. The average Bonchev–Trinajstić information content (AvgIpc) is 2.71. The van der Waals surface area contributed by atoms with Crippen LogP contribution in [0.2, 0.25) is 0 Å². The molecule has 2 aromatic carbocycles. The van der Waals surface area contributed by atoms with Crippen LogP contribution in [0.15, 0.2) is 61.2 Å². The fourth-order valence-corrected chi connectivity index (χ4v) is 2.42. The van der Waals surface area contributed by atoms with Crippen LogP contribution in [0.3, 0.4) is 0 Å². The number of carbonyl (C=O) groups excluding carboxylic acids is 2. The van der Waals surface area contributed by atoms with E-state index < -0.39 is 5.97 Å². The van der Waals surface area contributed by atoms with E-state index in [-0.39, 0.29) is 11.7 Å². The van der Waals surface area contributed by atoms with E-state index in [9.17, 15) is 14.0 Å². The molecule has 1 amide bonds. The minimum Gasteiger partial charge on any atom is -0.494 e. The zero-order valence-corrected chi connectivity index (χ0v) is 15.7. The van der Waals surface area contributed by atoms with Crippen molar-refractivity contribution < 1.29 is 23.5 Å². The summed E-state index contributed by atoms with van der Waals surface area (Å²) < 4.78 is 23.5. The number of hydrogen-bond donors (Lipinski definition) is 1. The number of benzene rings is 2. The van der Waals surface area contributed by atoms with Crippen LogP contribution >= 0.6 is 0 Å². The average molecular weight is 385 g/mol. The van der Waals surface area contributed by atoms with Gasteiger partial charge in [-0.1, -0.05) is 6.58 Å². The van der Waals surface area contributed by atoms with Gasteiger partial charge in [0.2, 0.25) is 0 Å². The standard InChI is InChI=1S/C22H24FNO4/c1-2-21(25)28-16-6-4-3-5-15-27-20-13-7-17(8-14-20)22(26)24-19-11-9-18(23)10-12-19/h2,7-14H,1,3-6,15-16H2,(H,24,26). The highest BCUT2D eigenvalue weighted by atomic mass is 19.1. The number of amides is 1. The van der Waals surface area contributed by atoms with Gasteiger partial charge in [0.1, 0.15) is 11.6 Å². The van der Waals surface area contributed by atoms with Crippen molar-refractivity contribution >= 4 is 17.6 Å². The van der Waals surface area contributed by atoms with Crippen LogP contribution in [-0.2, 0) is 9.53 Å². The van der Waals surface area contributed by atoms with Crippen molar-refractivity contribution in [2.24, 2.45) is 0 Å². The zero-order valence-electron chi connectivity index (χ0n) is 15.7. The molecule has 5 nitrogen and oxygen atoms in total. The maximum atomic E-state index is 12.9. The van der Waals surface area contributed by atoms with Crippen LogP contribution in [0.1, 0.15) is 36.0 Å². The number of carbonyl (C=O) groups is 2. The highest BCUT2D eigenvalue weighted by Gasteiger charge is 2.06. The second-order valence-electron chi connectivity index (χ2n) is 6.12. The molecule has 0 aromatic heterocycles. The van der Waals surface area contributed by atoms with Gasteiger partial charge in [0.25, 0.3) is 5.91 Å². The molecule has 0 unspecified atom stereocenters. The number of nitrogens with one attached hydrogen (secondary N) is 1. The number of halogens is 1. The van der Waals surface area contributed by atoms with Gasteiger partial charge in [0.05, 0.1) is 13.2 Å². The summed E-state index contributed by atoms with van der Waals surface area (Å²) in [5.41, 5.74) is 1.02. The van der Waals surface area contributed by atoms with Gasteiger partial charge < -0.3 is 14.8 Å². The molecule has 0 saturated carbocycles. The summed E-state index contributed by atoms with van der Waals surface area (Å²) in [6.45, 7) is 4.33. The molecule has 2 aromatic rings. The minimum absolute atomic E-state index is 0.268. The van der Waals surface area contributed by atoms with Gasteiger partial charge in [0, 0.05) is 17.3 Å². The quantitative estimate of drug-likeness (QED) is 0.344. The van der Waals surface area contributed by atoms with E-state index in [2.05, 4.69) is 11.9 Å². The molecular formula is C22H24FNO4. The molecular weight excluding hydrogens is 361 g/mol. The summed E-state index contributed by atoms with van der Waals surface area (Å²) >= 11 is 0. The predicted molar refractivity (Wildman–Crippen MR) is 106 cm³/mol. The molecule has 0 spiro atoms. The van der Waals surface area contributed by atoms with Gasteiger partial charge in [-0.15, -0.1) is 0 Å². The lowest BCUT2D eigenvalue weighted by molar-refractivity contribution is -0.137. The summed E-state index contributed by atoms with van der Waals surface area (Å²) in [5, 5.41) is 2.71. The summed E-state index contributed by atoms with van der Waals surface area (Å²) in [6.07, 6.45) is 4.80. The molecule has 2 rings (SSSR count). The molecule has 0 aliphatic heterocycles. The lowest BCUT2D eigenvalue weighted by atomic mass is 10.2. The maximum Gasteiger partial charge on any atom is 0.330 e. The fraction of sp³-hybridized carbons (Fsp3) is 0.273. The first-order valence-corrected chi connectivity index (χ1v) is 9.17. The highest BCUT2D eigenvalue weighted by molar-refractivity contribution is 6.04. The van der Waals surface area contributed by atoms with Crippen LogP contribution in [0, 0.1) is 5.82 Å². The monoisotopic (exact) mass is 385 g/mol. The molecule has 0 aliphatic carbocycles. The van der Waals surface area contributed by atoms with Crippen molar-refractivity contribution in [1.29, 1.82) is 0 Å². The summed E-state index contributed by atoms with van der Waals surface area (Å²) in [4.78, 5) is 23.0. The van der Waals surface area contributed by atoms with E-state index in [1.165, 1.54) is 24.3 Å². The molecule has 0 saturated heterocycles. The van der Waals surface area contributed by atoms with Crippen LogP contribution in [0.25, 0.3) is 0 Å². The molecule has 6 heteroatoms. The predicted octanol–water partition coefficient (Wildman–Crippen LogP) is 4.75. The Morgan fingerprint density at radius 1 is 0.929 bits per heavy atom. The Kier molecular flexibility index (Phi) is 8.72. The van der Waals surface area contributed by atoms with E-state index >= 15 is 0 Å². The van der Waals surface area contributed by atoms with E-state index in [0.717, 1.165) is 31.8 Å². The molecule has 1 N–H and O–H groups in total. The van der Waals surface area contributed by atoms with Crippen molar-refractivity contribution in [3.05, 3.63) is 72.6 Å². The van der Waals surface area contributed by atoms with Crippen molar-refractivity contribution in [3.8, 4) is 5.75 Å². The third-order valence-electron chi connectivity index (χ3n) is 3.94. The van der Waals surface area contributed by atoms with E-state index in [1.54, 1.807) is 24.3 Å². The van der Waals surface area contributed by atoms with E-state index in [1.807, 2.05) is 0 Å². The number of anilines is 1. The fourth-order valence-electron chi connectivity index (χ4n) is 2.42. The lowest BCUT2D eigenvalue weighted by Gasteiger charge is -2.08. The Balaban J connectivity index is 1.64. The molecule has 28 heavy (non-hydrogen) atoms. The first-order chi connectivity index (χ1) is 13.6. The van der Waals surface area contributed by atoms with Gasteiger partial charge in [-0.05, 0) is 74.2 Å². The first kappa shape index (κ1) is 21.2. The minimum atomic E-state index is -0.391. The third-order valence-corrected chi connectivity index (χ3v) is 3.94. The van der Waals surface area contributed by atoms with E-state index in [4.69, 9.17) is 9.47 Å². The Morgan fingerprint density at radius 2 is 1.57 bits per heavy atom. The second-order valence-corrected chi connectivity index (χ2v) is 6.12. The molecule has 0 heterocycles. The van der Waals surface area contributed by atoms with Gasteiger partial charge in [0.15, 0.2) is 0 Å². The molecule has 148 valence electrons. The van der Waals surface area contributed by atoms with Crippen LogP contribution < -0.4 is 10.1 Å². The van der Waals surface area contributed by atoms with Crippen molar-refractivity contribution in [2.45, 2.75) is 25.7 Å². The number of esters is 1. The number of rotatable bonds is 11. The van der Waals surface area contributed by atoms with Crippen molar-refractivity contribution in [3.63, 3.8) is 0 Å². The number of unbranched alkanes of at least 4 members (excludes halogenated alkanes) is 3. The third kappa shape index (κ3) is 7.61. The van der Waals surface area contributed by atoms with Gasteiger partial charge >= 0.3 is 5.97 Å². The normalized spacial score (nSPS) is 10.2. The van der Waals surface area contributed by atoms with Crippen LogP contribution in [0.5, 0.6) is 5.75 Å². The maximum absolute atomic E-state index is 12.9. The van der Waals surface area contributed by atoms with Gasteiger partial charge in [-0.3, -0.25) is 4.79 Å². The zero-order chi connectivity index (χ0) is 20.2. The Hall–Kier alpha value is -3.15. The molecule has 0 aliphatic rings. The van der Waals surface area contributed by atoms with Gasteiger partial charge in [-0.25, -0.2) is 9.18 Å². The largest absolute Gasteiger partial charge is 0.494 e. The Labute approximate surface area is 164 Å². The van der Waals surface area contributed by atoms with E-state index in [0.29, 0.717) is 30.2 Å².